The van der Waals surface area contributed by atoms with Crippen molar-refractivity contribution in [3.8, 4) is 0 Å². The van der Waals surface area contributed by atoms with Crippen molar-refractivity contribution in [2.45, 2.75) is 56.6 Å². The minimum absolute atomic E-state index is 0.0236. The molecule has 118 valence electrons. The van der Waals surface area contributed by atoms with E-state index in [1.54, 1.807) is 0 Å². The fraction of sp³-hybridized carbons (Fsp3) is 0.786. The molecule has 1 aromatic rings. The second-order valence-corrected chi connectivity index (χ2v) is 6.21. The number of unbranched alkanes of at least 4 members (excludes halogenated alkanes) is 1. The molecule has 0 amide bonds. The molecule has 2 rings (SSSR count). The molecule has 0 radical (unpaired) electrons. The Morgan fingerprint density at radius 2 is 2.14 bits per heavy atom. The Morgan fingerprint density at radius 3 is 2.81 bits per heavy atom. The Morgan fingerprint density at radius 1 is 1.38 bits per heavy atom. The van der Waals surface area contributed by atoms with Crippen molar-refractivity contribution in [2.75, 3.05) is 19.0 Å². The van der Waals surface area contributed by atoms with Gasteiger partial charge in [-0.2, -0.15) is 0 Å². The molecule has 6 nitrogen and oxygen atoms in total. The first kappa shape index (κ1) is 16.3. The molecule has 1 aromatic heterocycles. The first-order chi connectivity index (χ1) is 10.2. The zero-order valence-corrected chi connectivity index (χ0v) is 13.3. The summed E-state index contributed by atoms with van der Waals surface area (Å²) in [6.07, 6.45) is 5.47. The lowest BCUT2D eigenvalue weighted by Crippen LogP contribution is -2.09. The fourth-order valence-electron chi connectivity index (χ4n) is 2.06. The first-order valence-corrected chi connectivity index (χ1v) is 8.56. The molecule has 0 saturated heterocycles. The SMILES string of the molecule is CCCCOCCCn1c(SCC(=O)O)nnc1C1CC1. The van der Waals surface area contributed by atoms with E-state index in [0.717, 1.165) is 57.7 Å². The lowest BCUT2D eigenvalue weighted by molar-refractivity contribution is -0.133. The molecule has 0 aromatic carbocycles. The molecular weight excluding hydrogens is 290 g/mol. The van der Waals surface area contributed by atoms with Crippen LogP contribution in [0.25, 0.3) is 0 Å². The molecule has 1 heterocycles. The molecule has 0 atom stereocenters. The van der Waals surface area contributed by atoms with Crippen molar-refractivity contribution in [3.05, 3.63) is 5.82 Å². The summed E-state index contributed by atoms with van der Waals surface area (Å²) in [6.45, 7) is 4.49. The highest BCUT2D eigenvalue weighted by atomic mass is 32.2. The van der Waals surface area contributed by atoms with Gasteiger partial charge in [0.25, 0.3) is 0 Å². The van der Waals surface area contributed by atoms with Gasteiger partial charge in [-0.25, -0.2) is 0 Å². The number of aliphatic carboxylic acids is 1. The molecule has 1 fully saturated rings. The molecule has 1 saturated carbocycles. The van der Waals surface area contributed by atoms with E-state index >= 15 is 0 Å². The van der Waals surface area contributed by atoms with Gasteiger partial charge in [0.05, 0.1) is 5.75 Å². The maximum Gasteiger partial charge on any atom is 0.313 e. The van der Waals surface area contributed by atoms with Crippen molar-refractivity contribution in [2.24, 2.45) is 0 Å². The van der Waals surface area contributed by atoms with Gasteiger partial charge in [-0.05, 0) is 25.7 Å². The van der Waals surface area contributed by atoms with Crippen molar-refractivity contribution < 1.29 is 14.6 Å². The van der Waals surface area contributed by atoms with E-state index in [-0.39, 0.29) is 5.75 Å². The number of rotatable bonds is 11. The summed E-state index contributed by atoms with van der Waals surface area (Å²) in [5.41, 5.74) is 0. The maximum absolute atomic E-state index is 10.7. The molecule has 1 aliphatic carbocycles. The molecule has 0 bridgehead atoms. The number of aromatic nitrogens is 3. The van der Waals surface area contributed by atoms with Gasteiger partial charge in [0, 0.05) is 25.7 Å². The van der Waals surface area contributed by atoms with E-state index in [2.05, 4.69) is 21.7 Å². The molecular formula is C14H23N3O3S. The zero-order chi connectivity index (χ0) is 15.1. The van der Waals surface area contributed by atoms with Gasteiger partial charge in [0.2, 0.25) is 0 Å². The number of hydrogen-bond donors (Lipinski definition) is 1. The van der Waals surface area contributed by atoms with E-state index in [1.807, 2.05) is 0 Å². The molecule has 7 heteroatoms. The van der Waals surface area contributed by atoms with Gasteiger partial charge in [0.15, 0.2) is 5.16 Å². The summed E-state index contributed by atoms with van der Waals surface area (Å²) in [7, 11) is 0. The topological polar surface area (TPSA) is 77.2 Å². The predicted octanol–water partition coefficient (Wildman–Crippen LogP) is 2.54. The third kappa shape index (κ3) is 5.32. The monoisotopic (exact) mass is 313 g/mol. The Bertz CT molecular complexity index is 460. The quantitative estimate of drug-likeness (QED) is 0.500. The summed E-state index contributed by atoms with van der Waals surface area (Å²) in [6, 6.07) is 0. The summed E-state index contributed by atoms with van der Waals surface area (Å²) in [5.74, 6) is 0.718. The Kier molecular flexibility index (Phi) is 6.50. The van der Waals surface area contributed by atoms with Crippen LogP contribution in [0.2, 0.25) is 0 Å². The van der Waals surface area contributed by atoms with E-state index in [4.69, 9.17) is 9.84 Å². The number of thioether (sulfide) groups is 1. The molecule has 1 aliphatic rings. The smallest absolute Gasteiger partial charge is 0.313 e. The summed E-state index contributed by atoms with van der Waals surface area (Å²) >= 11 is 1.24. The molecule has 0 unspecified atom stereocenters. The summed E-state index contributed by atoms with van der Waals surface area (Å²) in [4.78, 5) is 10.7. The minimum Gasteiger partial charge on any atom is -0.481 e. The highest BCUT2D eigenvalue weighted by molar-refractivity contribution is 7.99. The van der Waals surface area contributed by atoms with Crippen LogP contribution in [-0.4, -0.2) is 44.8 Å². The molecule has 1 N–H and O–H groups in total. The third-order valence-corrected chi connectivity index (χ3v) is 4.28. The second-order valence-electron chi connectivity index (χ2n) is 5.27. The van der Waals surface area contributed by atoms with Crippen molar-refractivity contribution in [1.82, 2.24) is 14.8 Å². The normalized spacial score (nSPS) is 14.5. The molecule has 0 aliphatic heterocycles. The lowest BCUT2D eigenvalue weighted by Gasteiger charge is -2.09. The van der Waals surface area contributed by atoms with E-state index in [0.29, 0.717) is 11.1 Å². The number of hydrogen-bond acceptors (Lipinski definition) is 5. The third-order valence-electron chi connectivity index (χ3n) is 3.33. The summed E-state index contributed by atoms with van der Waals surface area (Å²) in [5, 5.41) is 17.9. The van der Waals surface area contributed by atoms with Gasteiger partial charge in [-0.3, -0.25) is 4.79 Å². The Hall–Kier alpha value is -1.08. The predicted molar refractivity (Wildman–Crippen MR) is 80.7 cm³/mol. The van der Waals surface area contributed by atoms with Crippen molar-refractivity contribution in [3.63, 3.8) is 0 Å². The van der Waals surface area contributed by atoms with E-state index in [1.165, 1.54) is 11.8 Å². The molecule has 21 heavy (non-hydrogen) atoms. The van der Waals surface area contributed by atoms with Crippen LogP contribution in [0.15, 0.2) is 5.16 Å². The number of carboxylic acid groups (broad SMARTS) is 1. The minimum atomic E-state index is -0.828. The van der Waals surface area contributed by atoms with Crippen molar-refractivity contribution >= 4 is 17.7 Å². The van der Waals surface area contributed by atoms with E-state index in [9.17, 15) is 4.79 Å². The van der Waals surface area contributed by atoms with Gasteiger partial charge in [-0.15, -0.1) is 10.2 Å². The Labute approximate surface area is 129 Å². The van der Waals surface area contributed by atoms with Crippen LogP contribution in [0.3, 0.4) is 0 Å². The molecule has 0 spiro atoms. The average Bonchev–Trinajstić information content (AvgIpc) is 3.22. The lowest BCUT2D eigenvalue weighted by atomic mass is 10.3. The van der Waals surface area contributed by atoms with Crippen LogP contribution in [0.5, 0.6) is 0 Å². The standard InChI is InChI=1S/C14H23N3O3S/c1-2-3-8-20-9-4-7-17-13(11-5-6-11)15-16-14(17)21-10-12(18)19/h11H,2-10H2,1H3,(H,18,19). The summed E-state index contributed by atoms with van der Waals surface area (Å²) < 4.78 is 7.65. The number of carbonyl (C=O) groups is 1. The number of nitrogens with zero attached hydrogens (tertiary/aromatic N) is 3. The van der Waals surface area contributed by atoms with Crippen LogP contribution < -0.4 is 0 Å². The number of ether oxygens (including phenoxy) is 1. The fourth-order valence-corrected chi connectivity index (χ4v) is 2.75. The largest absolute Gasteiger partial charge is 0.481 e. The van der Waals surface area contributed by atoms with Crippen molar-refractivity contribution in [1.29, 1.82) is 0 Å². The van der Waals surface area contributed by atoms with Gasteiger partial charge < -0.3 is 14.4 Å². The van der Waals surface area contributed by atoms with Gasteiger partial charge >= 0.3 is 5.97 Å². The second kappa shape index (κ2) is 8.38. The van der Waals surface area contributed by atoms with Crippen LogP contribution >= 0.6 is 11.8 Å². The van der Waals surface area contributed by atoms with Gasteiger partial charge in [0.1, 0.15) is 5.82 Å². The highest BCUT2D eigenvalue weighted by Crippen LogP contribution is 2.40. The van der Waals surface area contributed by atoms with Crippen LogP contribution in [0.4, 0.5) is 0 Å². The maximum atomic E-state index is 10.7. The number of carboxylic acids is 1. The van der Waals surface area contributed by atoms with Crippen LogP contribution in [0, 0.1) is 0 Å². The van der Waals surface area contributed by atoms with Crippen LogP contribution in [-0.2, 0) is 16.1 Å². The van der Waals surface area contributed by atoms with Crippen LogP contribution in [0.1, 0.15) is 50.8 Å². The Balaban J connectivity index is 1.85. The van der Waals surface area contributed by atoms with E-state index < -0.39 is 5.97 Å². The van der Waals surface area contributed by atoms with Gasteiger partial charge in [-0.1, -0.05) is 25.1 Å². The average molecular weight is 313 g/mol. The highest BCUT2D eigenvalue weighted by Gasteiger charge is 2.30. The first-order valence-electron chi connectivity index (χ1n) is 7.57. The zero-order valence-electron chi connectivity index (χ0n) is 12.5.